The molecule has 0 aliphatic carbocycles. The van der Waals surface area contributed by atoms with Gasteiger partial charge in [0, 0.05) is 12.5 Å². The first-order valence-corrected chi connectivity index (χ1v) is 4.70. The van der Waals surface area contributed by atoms with Crippen LogP contribution in [0.3, 0.4) is 0 Å². The maximum Gasteiger partial charge on any atom is 0.212 e. The lowest BCUT2D eigenvalue weighted by atomic mass is 10.1. The molecule has 0 aromatic heterocycles. The van der Waals surface area contributed by atoms with Crippen LogP contribution in [0.2, 0.25) is 0 Å². The highest BCUT2D eigenvalue weighted by Gasteiger charge is 2.19. The maximum atomic E-state index is 10.7. The van der Waals surface area contributed by atoms with Crippen molar-refractivity contribution in [2.75, 3.05) is 13.7 Å². The standard InChI is InChI=1S/C11H12N2O2/c1-8(13-7-11(14)12-13)9-3-5-10(15-2)6-4-9/h3-6H,7H2,1-2H3/b13-8-. The number of rotatable bonds is 2. The number of hydrogen-bond donors (Lipinski definition) is 0. The maximum absolute atomic E-state index is 10.7. The fourth-order valence-electron chi connectivity index (χ4n) is 1.43. The molecule has 1 aliphatic heterocycles. The molecule has 0 spiro atoms. The number of ether oxygens (including phenoxy) is 1. The molecule has 0 unspecified atom stereocenters. The Morgan fingerprint density at radius 1 is 1.40 bits per heavy atom. The Morgan fingerprint density at radius 3 is 2.47 bits per heavy atom. The molecule has 78 valence electrons. The summed E-state index contributed by atoms with van der Waals surface area (Å²) in [7, 11) is 1.63. The van der Waals surface area contributed by atoms with Crippen molar-refractivity contribution < 1.29 is 14.5 Å². The number of benzene rings is 1. The van der Waals surface area contributed by atoms with Crippen molar-refractivity contribution in [3.63, 3.8) is 0 Å². The van der Waals surface area contributed by atoms with Crippen LogP contribution in [0.15, 0.2) is 29.4 Å². The molecule has 4 nitrogen and oxygen atoms in total. The average Bonchev–Trinajstić information content (AvgIpc) is 2.24. The van der Waals surface area contributed by atoms with Crippen LogP contribution < -0.4 is 9.84 Å². The van der Waals surface area contributed by atoms with Crippen molar-refractivity contribution in [3.8, 4) is 5.75 Å². The molecule has 2 rings (SSSR count). The van der Waals surface area contributed by atoms with Gasteiger partial charge in [-0.3, -0.25) is 0 Å². The third-order valence-corrected chi connectivity index (χ3v) is 2.41. The van der Waals surface area contributed by atoms with E-state index in [1.807, 2.05) is 31.2 Å². The van der Waals surface area contributed by atoms with Crippen LogP contribution in [0, 0.1) is 0 Å². The number of hydrogen-bond acceptors (Lipinski definition) is 3. The summed E-state index contributed by atoms with van der Waals surface area (Å²) in [6.07, 6.45) is 0. The predicted molar refractivity (Wildman–Crippen MR) is 55.3 cm³/mol. The first-order chi connectivity index (χ1) is 7.20. The Morgan fingerprint density at radius 2 is 2.00 bits per heavy atom. The van der Waals surface area contributed by atoms with E-state index in [4.69, 9.17) is 4.74 Å². The van der Waals surface area contributed by atoms with E-state index in [1.165, 1.54) is 0 Å². The Hall–Kier alpha value is -1.84. The third-order valence-electron chi connectivity index (χ3n) is 2.41. The molecular weight excluding hydrogens is 192 g/mol. The van der Waals surface area contributed by atoms with Gasteiger partial charge in [0.25, 0.3) is 0 Å². The van der Waals surface area contributed by atoms with Crippen LogP contribution in [0.1, 0.15) is 12.5 Å². The molecule has 0 atom stereocenters. The fourth-order valence-corrected chi connectivity index (χ4v) is 1.43. The van der Waals surface area contributed by atoms with Crippen LogP contribution in [-0.4, -0.2) is 29.9 Å². The number of nitrogens with zero attached hydrogens (tertiary/aromatic N) is 2. The van der Waals surface area contributed by atoms with Crippen LogP contribution in [0.25, 0.3) is 0 Å². The molecule has 1 aromatic carbocycles. The number of methoxy groups -OCH3 is 1. The van der Waals surface area contributed by atoms with Gasteiger partial charge in [0.05, 0.1) is 7.11 Å². The summed E-state index contributed by atoms with van der Waals surface area (Å²) >= 11 is 0. The minimum atomic E-state index is -0.0668. The van der Waals surface area contributed by atoms with Gasteiger partial charge in [-0.05, 0) is 29.4 Å². The summed E-state index contributed by atoms with van der Waals surface area (Å²) in [6, 6.07) is 7.68. The van der Waals surface area contributed by atoms with Gasteiger partial charge in [-0.2, -0.15) is 0 Å². The molecule has 1 aromatic rings. The Balaban J connectivity index is 2.27. The monoisotopic (exact) mass is 204 g/mol. The zero-order valence-corrected chi connectivity index (χ0v) is 8.73. The highest BCUT2D eigenvalue weighted by atomic mass is 16.5. The summed E-state index contributed by atoms with van der Waals surface area (Å²) in [6.45, 7) is 2.33. The van der Waals surface area contributed by atoms with Crippen LogP contribution in [-0.2, 0) is 0 Å². The molecule has 0 saturated carbocycles. The van der Waals surface area contributed by atoms with Gasteiger partial charge in [0.1, 0.15) is 11.6 Å². The molecule has 0 saturated heterocycles. The smallest absolute Gasteiger partial charge is 0.212 e. The molecule has 0 amide bonds. The van der Waals surface area contributed by atoms with Gasteiger partial charge in [0.2, 0.25) is 12.3 Å². The van der Waals surface area contributed by atoms with Crippen LogP contribution in [0.5, 0.6) is 5.75 Å². The van der Waals surface area contributed by atoms with Gasteiger partial charge < -0.3 is 9.84 Å². The third kappa shape index (κ3) is 1.83. The molecular formula is C11H12N2O2. The zero-order chi connectivity index (χ0) is 10.8. The largest absolute Gasteiger partial charge is 0.853 e. The molecule has 0 fully saturated rings. The second-order valence-electron chi connectivity index (χ2n) is 3.37. The lowest BCUT2D eigenvalue weighted by Gasteiger charge is -2.14. The molecule has 0 radical (unpaired) electrons. The van der Waals surface area contributed by atoms with E-state index >= 15 is 0 Å². The summed E-state index contributed by atoms with van der Waals surface area (Å²) in [5, 5.41) is 14.5. The lowest BCUT2D eigenvalue weighted by molar-refractivity contribution is -0.563. The SMILES string of the molecule is COc1ccc(/C(C)=[N+]2/CC([O-])=N2)cc1. The second-order valence-corrected chi connectivity index (χ2v) is 3.37. The minimum absolute atomic E-state index is 0.0668. The van der Waals surface area contributed by atoms with Crippen molar-refractivity contribution in [2.45, 2.75) is 6.92 Å². The molecule has 4 heteroatoms. The Labute approximate surface area is 88.1 Å². The van der Waals surface area contributed by atoms with Gasteiger partial charge in [0.15, 0.2) is 0 Å². The summed E-state index contributed by atoms with van der Waals surface area (Å²) < 4.78 is 6.76. The average molecular weight is 204 g/mol. The lowest BCUT2D eigenvalue weighted by Crippen LogP contribution is -2.40. The van der Waals surface area contributed by atoms with Gasteiger partial charge in [-0.15, -0.1) is 0 Å². The highest BCUT2D eigenvalue weighted by molar-refractivity contribution is 5.96. The van der Waals surface area contributed by atoms with E-state index in [9.17, 15) is 5.11 Å². The van der Waals surface area contributed by atoms with E-state index < -0.39 is 0 Å². The van der Waals surface area contributed by atoms with E-state index in [2.05, 4.69) is 5.10 Å². The molecule has 0 N–H and O–H groups in total. The summed E-state index contributed by atoms with van der Waals surface area (Å²) in [4.78, 5) is 0. The Kier molecular flexibility index (Phi) is 2.41. The topological polar surface area (TPSA) is 47.7 Å². The summed E-state index contributed by atoms with van der Waals surface area (Å²) in [5.41, 5.74) is 2.03. The van der Waals surface area contributed by atoms with E-state index in [1.54, 1.807) is 11.8 Å². The van der Waals surface area contributed by atoms with Crippen molar-refractivity contribution >= 4 is 11.6 Å². The second kappa shape index (κ2) is 3.73. The van der Waals surface area contributed by atoms with Crippen molar-refractivity contribution in [2.24, 2.45) is 5.10 Å². The van der Waals surface area contributed by atoms with E-state index in [0.29, 0.717) is 6.54 Å². The predicted octanol–water partition coefficient (Wildman–Crippen LogP) is 0.204. The van der Waals surface area contributed by atoms with E-state index in [-0.39, 0.29) is 5.90 Å². The quantitative estimate of drug-likeness (QED) is 0.646. The van der Waals surface area contributed by atoms with E-state index in [0.717, 1.165) is 17.0 Å². The first-order valence-electron chi connectivity index (χ1n) is 4.70. The van der Waals surface area contributed by atoms with Gasteiger partial charge in [-0.1, -0.05) is 4.68 Å². The van der Waals surface area contributed by atoms with Crippen LogP contribution >= 0.6 is 0 Å². The normalized spacial score (nSPS) is 17.9. The summed E-state index contributed by atoms with van der Waals surface area (Å²) in [5.74, 6) is 0.756. The molecule has 1 aliphatic rings. The number of hydrazone groups is 1. The fraction of sp³-hybridized carbons (Fsp3) is 0.273. The van der Waals surface area contributed by atoms with Crippen LogP contribution in [0.4, 0.5) is 0 Å². The first kappa shape index (κ1) is 9.71. The van der Waals surface area contributed by atoms with Crippen molar-refractivity contribution in [3.05, 3.63) is 29.8 Å². The van der Waals surface area contributed by atoms with Gasteiger partial charge in [-0.25, -0.2) is 0 Å². The molecule has 1 heterocycles. The minimum Gasteiger partial charge on any atom is -0.853 e. The van der Waals surface area contributed by atoms with Gasteiger partial charge >= 0.3 is 0 Å². The molecule has 15 heavy (non-hydrogen) atoms. The highest BCUT2D eigenvalue weighted by Crippen LogP contribution is 2.12. The zero-order valence-electron chi connectivity index (χ0n) is 8.73. The van der Waals surface area contributed by atoms with Crippen molar-refractivity contribution in [1.29, 1.82) is 0 Å². The molecule has 0 bridgehead atoms. The Bertz CT molecular complexity index is 432. The van der Waals surface area contributed by atoms with Crippen molar-refractivity contribution in [1.82, 2.24) is 0 Å².